The summed E-state index contributed by atoms with van der Waals surface area (Å²) >= 11 is 0. The number of hydrogen-bond acceptors (Lipinski definition) is 4. The highest BCUT2D eigenvalue weighted by atomic mass is 16.5. The van der Waals surface area contributed by atoms with Crippen LogP contribution in [-0.2, 0) is 14.3 Å². The number of hydrogen-bond donors (Lipinski definition) is 3. The molecule has 6 heteroatoms. The van der Waals surface area contributed by atoms with Crippen molar-refractivity contribution in [1.82, 2.24) is 5.32 Å². The minimum absolute atomic E-state index is 0.0426. The van der Waals surface area contributed by atoms with Gasteiger partial charge in [0.25, 0.3) is 0 Å². The van der Waals surface area contributed by atoms with Crippen molar-refractivity contribution in [3.8, 4) is 0 Å². The third-order valence-electron chi connectivity index (χ3n) is 2.97. The molecule has 6 nitrogen and oxygen atoms in total. The molecule has 4 N–H and O–H groups in total. The molecule has 0 bridgehead atoms. The van der Waals surface area contributed by atoms with Crippen LogP contribution in [0, 0.1) is 5.92 Å². The molecule has 0 aromatic carbocycles. The van der Waals surface area contributed by atoms with E-state index in [2.05, 4.69) is 5.32 Å². The van der Waals surface area contributed by atoms with Crippen LogP contribution in [0.25, 0.3) is 0 Å². The second-order valence-electron chi connectivity index (χ2n) is 4.68. The van der Waals surface area contributed by atoms with Gasteiger partial charge in [-0.3, -0.25) is 9.59 Å². The molecule has 1 atom stereocenters. The van der Waals surface area contributed by atoms with E-state index >= 15 is 0 Å². The van der Waals surface area contributed by atoms with Gasteiger partial charge in [0.15, 0.2) is 0 Å². The smallest absolute Gasteiger partial charge is 0.303 e. The number of carbonyl (C=O) groups excluding carboxylic acids is 1. The number of ether oxygens (including phenoxy) is 1. The van der Waals surface area contributed by atoms with Crippen molar-refractivity contribution in [2.45, 2.75) is 31.7 Å². The first-order chi connectivity index (χ1) is 7.94. The summed E-state index contributed by atoms with van der Waals surface area (Å²) in [5.41, 5.74) is 5.12. The van der Waals surface area contributed by atoms with E-state index in [-0.39, 0.29) is 18.2 Å². The summed E-state index contributed by atoms with van der Waals surface area (Å²) in [6, 6.07) is 0. The fourth-order valence-corrected chi connectivity index (χ4v) is 1.78. The zero-order valence-electron chi connectivity index (χ0n) is 10.1. The van der Waals surface area contributed by atoms with Gasteiger partial charge in [0.1, 0.15) is 0 Å². The Morgan fingerprint density at radius 3 is 2.59 bits per heavy atom. The van der Waals surface area contributed by atoms with Crippen molar-refractivity contribution >= 4 is 11.9 Å². The van der Waals surface area contributed by atoms with Crippen LogP contribution >= 0.6 is 0 Å². The molecule has 1 amide bonds. The monoisotopic (exact) mass is 244 g/mol. The Bertz CT molecular complexity index is 287. The first-order valence-corrected chi connectivity index (χ1v) is 5.81. The van der Waals surface area contributed by atoms with E-state index in [9.17, 15) is 9.59 Å². The number of nitrogens with two attached hydrogens (primary N) is 1. The van der Waals surface area contributed by atoms with E-state index in [4.69, 9.17) is 15.6 Å². The molecule has 1 heterocycles. The Labute approximate surface area is 101 Å². The Morgan fingerprint density at radius 2 is 2.06 bits per heavy atom. The molecule has 0 radical (unpaired) electrons. The van der Waals surface area contributed by atoms with Gasteiger partial charge in [-0.15, -0.1) is 0 Å². The third kappa shape index (κ3) is 4.32. The molecular formula is C11H20N2O4. The highest BCUT2D eigenvalue weighted by Crippen LogP contribution is 2.17. The normalized spacial score (nSPS) is 20.6. The Hall–Kier alpha value is -1.14. The highest BCUT2D eigenvalue weighted by Gasteiger charge is 2.35. The third-order valence-corrected chi connectivity index (χ3v) is 2.97. The summed E-state index contributed by atoms with van der Waals surface area (Å²) < 4.78 is 5.16. The largest absolute Gasteiger partial charge is 0.481 e. The number of nitrogens with one attached hydrogen (secondary N) is 1. The quantitative estimate of drug-likeness (QED) is 0.617. The van der Waals surface area contributed by atoms with E-state index in [1.54, 1.807) is 6.92 Å². The van der Waals surface area contributed by atoms with Crippen LogP contribution in [0.3, 0.4) is 0 Å². The number of carboxylic acid groups (broad SMARTS) is 1. The second-order valence-corrected chi connectivity index (χ2v) is 4.68. The summed E-state index contributed by atoms with van der Waals surface area (Å²) in [6.07, 6.45) is 1.05. The van der Waals surface area contributed by atoms with Crippen LogP contribution < -0.4 is 11.1 Å². The highest BCUT2D eigenvalue weighted by molar-refractivity contribution is 5.86. The lowest BCUT2D eigenvalue weighted by atomic mass is 9.90. The predicted molar refractivity (Wildman–Crippen MR) is 61.4 cm³/mol. The van der Waals surface area contributed by atoms with Gasteiger partial charge in [0, 0.05) is 26.2 Å². The molecule has 1 aliphatic rings. The molecular weight excluding hydrogens is 224 g/mol. The van der Waals surface area contributed by atoms with Gasteiger partial charge < -0.3 is 20.9 Å². The molecule has 0 aromatic heterocycles. The molecule has 0 aliphatic carbocycles. The summed E-state index contributed by atoms with van der Waals surface area (Å²) in [7, 11) is 0. The minimum Gasteiger partial charge on any atom is -0.481 e. The van der Waals surface area contributed by atoms with Gasteiger partial charge in [0.05, 0.1) is 5.54 Å². The van der Waals surface area contributed by atoms with E-state index in [0.29, 0.717) is 32.6 Å². The summed E-state index contributed by atoms with van der Waals surface area (Å²) in [5.74, 6) is -1.17. The minimum atomic E-state index is -0.861. The molecule has 1 saturated heterocycles. The molecule has 17 heavy (non-hydrogen) atoms. The number of amides is 1. The Kier molecular flexibility index (Phi) is 4.89. The zero-order chi connectivity index (χ0) is 12.9. The van der Waals surface area contributed by atoms with Crippen LogP contribution in [0.4, 0.5) is 0 Å². The Morgan fingerprint density at radius 1 is 1.47 bits per heavy atom. The van der Waals surface area contributed by atoms with Gasteiger partial charge in [-0.05, 0) is 18.8 Å². The zero-order valence-corrected chi connectivity index (χ0v) is 10.1. The van der Waals surface area contributed by atoms with Crippen molar-refractivity contribution in [1.29, 1.82) is 0 Å². The lowest BCUT2D eigenvalue weighted by molar-refractivity contribution is -0.138. The van der Waals surface area contributed by atoms with Crippen molar-refractivity contribution in [3.05, 3.63) is 0 Å². The number of rotatable bonds is 5. The molecule has 1 rings (SSSR count). The topological polar surface area (TPSA) is 102 Å². The lowest BCUT2D eigenvalue weighted by Gasteiger charge is -2.32. The molecule has 1 aliphatic heterocycles. The molecule has 0 spiro atoms. The average Bonchev–Trinajstić information content (AvgIpc) is 2.26. The summed E-state index contributed by atoms with van der Waals surface area (Å²) in [6.45, 7) is 3.11. The fraction of sp³-hybridized carbons (Fsp3) is 0.818. The summed E-state index contributed by atoms with van der Waals surface area (Å²) in [5, 5.41) is 11.3. The predicted octanol–water partition coefficient (Wildman–Crippen LogP) is -0.279. The summed E-state index contributed by atoms with van der Waals surface area (Å²) in [4.78, 5) is 22.3. The maximum Gasteiger partial charge on any atom is 0.303 e. The maximum absolute atomic E-state index is 11.9. The molecule has 0 aromatic rings. The fourth-order valence-electron chi connectivity index (χ4n) is 1.78. The number of carbonyl (C=O) groups is 2. The first kappa shape index (κ1) is 13.9. The number of aliphatic carboxylic acids is 1. The Balaban J connectivity index is 2.35. The molecule has 1 fully saturated rings. The maximum atomic E-state index is 11.9. The van der Waals surface area contributed by atoms with E-state index in [1.807, 2.05) is 0 Å². The van der Waals surface area contributed by atoms with Crippen molar-refractivity contribution < 1.29 is 19.4 Å². The van der Waals surface area contributed by atoms with Gasteiger partial charge >= 0.3 is 5.97 Å². The number of carboxylic acids is 1. The first-order valence-electron chi connectivity index (χ1n) is 5.81. The van der Waals surface area contributed by atoms with E-state index in [1.165, 1.54) is 0 Å². The van der Waals surface area contributed by atoms with Gasteiger partial charge in [0.2, 0.25) is 5.91 Å². The van der Waals surface area contributed by atoms with Crippen LogP contribution in [0.2, 0.25) is 0 Å². The SMILES string of the molecule is CC(CNC(=O)C1(N)CCOCC1)CC(=O)O. The lowest BCUT2D eigenvalue weighted by Crippen LogP contribution is -2.57. The van der Waals surface area contributed by atoms with Gasteiger partial charge in [-0.25, -0.2) is 0 Å². The molecule has 98 valence electrons. The van der Waals surface area contributed by atoms with Crippen LogP contribution in [0.15, 0.2) is 0 Å². The van der Waals surface area contributed by atoms with Gasteiger partial charge in [-0.1, -0.05) is 6.92 Å². The molecule has 0 saturated carbocycles. The molecule has 1 unspecified atom stereocenters. The van der Waals surface area contributed by atoms with E-state index < -0.39 is 11.5 Å². The second kappa shape index (κ2) is 5.97. The van der Waals surface area contributed by atoms with Crippen molar-refractivity contribution in [2.24, 2.45) is 11.7 Å². The van der Waals surface area contributed by atoms with Crippen LogP contribution in [-0.4, -0.2) is 42.3 Å². The van der Waals surface area contributed by atoms with E-state index in [0.717, 1.165) is 0 Å². The average molecular weight is 244 g/mol. The van der Waals surface area contributed by atoms with Crippen LogP contribution in [0.1, 0.15) is 26.2 Å². The van der Waals surface area contributed by atoms with Crippen molar-refractivity contribution in [2.75, 3.05) is 19.8 Å². The van der Waals surface area contributed by atoms with Crippen molar-refractivity contribution in [3.63, 3.8) is 0 Å². The van der Waals surface area contributed by atoms with Gasteiger partial charge in [-0.2, -0.15) is 0 Å². The standard InChI is InChI=1S/C11H20N2O4/c1-8(6-9(14)15)7-13-10(16)11(12)2-4-17-5-3-11/h8H,2-7,12H2,1H3,(H,13,16)(H,14,15). The van der Waals surface area contributed by atoms with Crippen LogP contribution in [0.5, 0.6) is 0 Å².